The number of carbonyl (C=O) groups excluding carboxylic acids is 1. The van der Waals surface area contributed by atoms with E-state index in [1.54, 1.807) is 6.92 Å². The Bertz CT molecular complexity index is 414. The molecule has 18 heavy (non-hydrogen) atoms. The van der Waals surface area contributed by atoms with Crippen molar-refractivity contribution >= 4 is 11.7 Å². The molecule has 4 heteroatoms. The van der Waals surface area contributed by atoms with Gasteiger partial charge in [-0.05, 0) is 30.9 Å². The summed E-state index contributed by atoms with van der Waals surface area (Å²) in [4.78, 5) is 20.0. The first-order chi connectivity index (χ1) is 8.59. The molecule has 1 atom stereocenters. The smallest absolute Gasteiger partial charge is 0.219 e. The SMILES string of the molecule is CC(=O)N1CCCC[C@H]1c1ccc(N(C)C)nc1. The molecule has 4 nitrogen and oxygen atoms in total. The van der Waals surface area contributed by atoms with E-state index < -0.39 is 0 Å². The van der Waals surface area contributed by atoms with Gasteiger partial charge in [0.15, 0.2) is 0 Å². The summed E-state index contributed by atoms with van der Waals surface area (Å²) in [5.74, 6) is 1.11. The maximum absolute atomic E-state index is 11.7. The van der Waals surface area contributed by atoms with Gasteiger partial charge in [0.2, 0.25) is 5.91 Å². The summed E-state index contributed by atoms with van der Waals surface area (Å²) in [5, 5.41) is 0. The van der Waals surface area contributed by atoms with Crippen molar-refractivity contribution < 1.29 is 4.79 Å². The molecule has 0 bridgehead atoms. The van der Waals surface area contributed by atoms with E-state index in [0.29, 0.717) is 0 Å². The van der Waals surface area contributed by atoms with Crippen molar-refractivity contribution in [3.63, 3.8) is 0 Å². The fourth-order valence-corrected chi connectivity index (χ4v) is 2.51. The average Bonchev–Trinajstić information content (AvgIpc) is 2.39. The number of hydrogen-bond acceptors (Lipinski definition) is 3. The minimum Gasteiger partial charge on any atom is -0.363 e. The molecule has 0 aromatic carbocycles. The summed E-state index contributed by atoms with van der Waals surface area (Å²) < 4.78 is 0. The second kappa shape index (κ2) is 5.38. The molecule has 1 fully saturated rings. The van der Waals surface area contributed by atoms with Gasteiger partial charge in [-0.15, -0.1) is 0 Å². The van der Waals surface area contributed by atoms with Crippen molar-refractivity contribution in [3.8, 4) is 0 Å². The number of aromatic nitrogens is 1. The van der Waals surface area contributed by atoms with Crippen LogP contribution in [0.5, 0.6) is 0 Å². The van der Waals surface area contributed by atoms with Crippen molar-refractivity contribution in [1.29, 1.82) is 0 Å². The van der Waals surface area contributed by atoms with E-state index >= 15 is 0 Å². The van der Waals surface area contributed by atoms with Gasteiger partial charge in [0.05, 0.1) is 6.04 Å². The number of amides is 1. The highest BCUT2D eigenvalue weighted by molar-refractivity contribution is 5.74. The quantitative estimate of drug-likeness (QED) is 0.804. The highest BCUT2D eigenvalue weighted by Crippen LogP contribution is 2.30. The molecule has 1 aromatic heterocycles. The number of nitrogens with zero attached hydrogens (tertiary/aromatic N) is 3. The first kappa shape index (κ1) is 12.9. The number of rotatable bonds is 2. The Morgan fingerprint density at radius 2 is 2.17 bits per heavy atom. The Morgan fingerprint density at radius 3 is 2.72 bits per heavy atom. The van der Waals surface area contributed by atoms with E-state index in [0.717, 1.165) is 30.8 Å². The van der Waals surface area contributed by atoms with Crippen molar-refractivity contribution in [2.45, 2.75) is 32.2 Å². The van der Waals surface area contributed by atoms with Crippen LogP contribution in [0.1, 0.15) is 37.8 Å². The highest BCUT2D eigenvalue weighted by Gasteiger charge is 2.25. The van der Waals surface area contributed by atoms with Gasteiger partial charge in [-0.2, -0.15) is 0 Å². The molecule has 0 aliphatic carbocycles. The Morgan fingerprint density at radius 1 is 1.39 bits per heavy atom. The molecule has 1 amide bonds. The molecule has 1 saturated heterocycles. The molecule has 0 saturated carbocycles. The molecule has 0 spiro atoms. The third-order valence-electron chi connectivity index (χ3n) is 3.52. The lowest BCUT2D eigenvalue weighted by Crippen LogP contribution is -2.37. The lowest BCUT2D eigenvalue weighted by atomic mass is 9.96. The van der Waals surface area contributed by atoms with Crippen molar-refractivity contribution in [1.82, 2.24) is 9.88 Å². The van der Waals surface area contributed by atoms with Crippen LogP contribution in [-0.4, -0.2) is 36.4 Å². The van der Waals surface area contributed by atoms with E-state index in [-0.39, 0.29) is 11.9 Å². The zero-order chi connectivity index (χ0) is 13.1. The van der Waals surface area contributed by atoms with Crippen LogP contribution in [0.3, 0.4) is 0 Å². The predicted molar refractivity (Wildman–Crippen MR) is 72.5 cm³/mol. The Kier molecular flexibility index (Phi) is 3.84. The molecule has 1 aromatic rings. The van der Waals surface area contributed by atoms with Gasteiger partial charge < -0.3 is 9.80 Å². The van der Waals surface area contributed by atoms with E-state index in [1.165, 1.54) is 6.42 Å². The molecule has 0 N–H and O–H groups in total. The highest BCUT2D eigenvalue weighted by atomic mass is 16.2. The Hall–Kier alpha value is -1.58. The van der Waals surface area contributed by atoms with E-state index in [1.807, 2.05) is 36.2 Å². The van der Waals surface area contributed by atoms with E-state index in [2.05, 4.69) is 11.1 Å². The van der Waals surface area contributed by atoms with Crippen LogP contribution in [0.4, 0.5) is 5.82 Å². The minimum absolute atomic E-state index is 0.163. The standard InChI is InChI=1S/C14H21N3O/c1-11(18)17-9-5-4-6-13(17)12-7-8-14(15-10-12)16(2)3/h7-8,10,13H,4-6,9H2,1-3H3/t13-/m0/s1. The Labute approximate surface area is 109 Å². The fourth-order valence-electron chi connectivity index (χ4n) is 2.51. The zero-order valence-corrected chi connectivity index (χ0v) is 11.4. The van der Waals surface area contributed by atoms with E-state index in [9.17, 15) is 4.79 Å². The molecular formula is C14H21N3O. The summed E-state index contributed by atoms with van der Waals surface area (Å²) >= 11 is 0. The number of pyridine rings is 1. The van der Waals surface area contributed by atoms with Gasteiger partial charge >= 0.3 is 0 Å². The summed E-state index contributed by atoms with van der Waals surface area (Å²) in [6, 6.07) is 4.32. The van der Waals surface area contributed by atoms with Gasteiger partial charge in [0.25, 0.3) is 0 Å². The number of piperidine rings is 1. The molecule has 1 aliphatic rings. The summed E-state index contributed by atoms with van der Waals surface area (Å²) in [7, 11) is 3.95. The average molecular weight is 247 g/mol. The lowest BCUT2D eigenvalue weighted by Gasteiger charge is -2.35. The van der Waals surface area contributed by atoms with Gasteiger partial charge in [-0.25, -0.2) is 4.98 Å². The maximum atomic E-state index is 11.7. The van der Waals surface area contributed by atoms with Crippen molar-refractivity contribution in [3.05, 3.63) is 23.9 Å². The summed E-state index contributed by atoms with van der Waals surface area (Å²) in [5.41, 5.74) is 1.15. The van der Waals surface area contributed by atoms with Gasteiger partial charge in [-0.3, -0.25) is 4.79 Å². The molecule has 1 aliphatic heterocycles. The molecule has 0 unspecified atom stereocenters. The summed E-state index contributed by atoms with van der Waals surface area (Å²) in [6.45, 7) is 2.52. The molecule has 2 heterocycles. The first-order valence-corrected chi connectivity index (χ1v) is 6.50. The zero-order valence-electron chi connectivity index (χ0n) is 11.4. The normalized spacial score (nSPS) is 19.7. The largest absolute Gasteiger partial charge is 0.363 e. The third-order valence-corrected chi connectivity index (χ3v) is 3.52. The minimum atomic E-state index is 0.163. The van der Waals surface area contributed by atoms with Crippen LogP contribution in [0.2, 0.25) is 0 Å². The topological polar surface area (TPSA) is 36.4 Å². The predicted octanol–water partition coefficient (Wildman–Crippen LogP) is 2.22. The third kappa shape index (κ3) is 2.63. The fraction of sp³-hybridized carbons (Fsp3) is 0.571. The van der Waals surface area contributed by atoms with Crippen LogP contribution in [0.25, 0.3) is 0 Å². The van der Waals surface area contributed by atoms with E-state index in [4.69, 9.17) is 0 Å². The number of carbonyl (C=O) groups is 1. The van der Waals surface area contributed by atoms with Crippen LogP contribution in [-0.2, 0) is 4.79 Å². The molecule has 2 rings (SSSR count). The van der Waals surface area contributed by atoms with Crippen LogP contribution < -0.4 is 4.90 Å². The molecular weight excluding hydrogens is 226 g/mol. The van der Waals surface area contributed by atoms with Crippen LogP contribution >= 0.6 is 0 Å². The van der Waals surface area contributed by atoms with Gasteiger partial charge in [-0.1, -0.05) is 6.07 Å². The van der Waals surface area contributed by atoms with Crippen molar-refractivity contribution in [2.24, 2.45) is 0 Å². The van der Waals surface area contributed by atoms with Crippen LogP contribution in [0.15, 0.2) is 18.3 Å². The first-order valence-electron chi connectivity index (χ1n) is 6.50. The lowest BCUT2D eigenvalue weighted by molar-refractivity contribution is -0.132. The second-order valence-corrected chi connectivity index (χ2v) is 5.07. The van der Waals surface area contributed by atoms with Crippen LogP contribution in [0, 0.1) is 0 Å². The van der Waals surface area contributed by atoms with Gasteiger partial charge in [0, 0.05) is 33.8 Å². The molecule has 98 valence electrons. The summed E-state index contributed by atoms with van der Waals surface area (Å²) in [6.07, 6.45) is 5.24. The van der Waals surface area contributed by atoms with Crippen molar-refractivity contribution in [2.75, 3.05) is 25.5 Å². The van der Waals surface area contributed by atoms with Gasteiger partial charge in [0.1, 0.15) is 5.82 Å². The maximum Gasteiger partial charge on any atom is 0.219 e. The molecule has 0 radical (unpaired) electrons. The number of anilines is 1. The second-order valence-electron chi connectivity index (χ2n) is 5.07. The number of hydrogen-bond donors (Lipinski definition) is 0. The Balaban J connectivity index is 2.20. The monoisotopic (exact) mass is 247 g/mol. The number of likely N-dealkylation sites (tertiary alicyclic amines) is 1.